The van der Waals surface area contributed by atoms with Gasteiger partial charge in [-0.2, -0.15) is 0 Å². The molecule has 2 rings (SSSR count). The number of ether oxygens (including phenoxy) is 1. The van der Waals surface area contributed by atoms with Gasteiger partial charge in [0.25, 0.3) is 5.91 Å². The van der Waals surface area contributed by atoms with Gasteiger partial charge < -0.3 is 15.4 Å². The van der Waals surface area contributed by atoms with Crippen LogP contribution in [0.3, 0.4) is 0 Å². The summed E-state index contributed by atoms with van der Waals surface area (Å²) in [7, 11) is 0. The molecule has 6 heteroatoms. The molecule has 0 fully saturated rings. The summed E-state index contributed by atoms with van der Waals surface area (Å²) < 4.78 is 5.39. The number of nitrogens with zero attached hydrogens (tertiary/aromatic N) is 2. The highest BCUT2D eigenvalue weighted by molar-refractivity contribution is 6.03. The number of anilines is 2. The van der Waals surface area contributed by atoms with Crippen LogP contribution < -0.4 is 15.4 Å². The van der Waals surface area contributed by atoms with Crippen molar-refractivity contribution in [1.29, 1.82) is 0 Å². The number of hydrogen-bond acceptors (Lipinski definition) is 5. The lowest BCUT2D eigenvalue weighted by Gasteiger charge is -2.09. The minimum Gasteiger partial charge on any atom is -0.494 e. The molecule has 0 spiro atoms. The molecule has 0 atom stereocenters. The fraction of sp³-hybridized carbons (Fsp3) is 0.389. The van der Waals surface area contributed by atoms with Crippen LogP contribution in [0, 0.1) is 6.92 Å². The first kappa shape index (κ1) is 17.7. The maximum atomic E-state index is 12.4. The van der Waals surface area contributed by atoms with Crippen molar-refractivity contribution in [3.63, 3.8) is 0 Å². The van der Waals surface area contributed by atoms with Crippen molar-refractivity contribution in [3.8, 4) is 5.75 Å². The monoisotopic (exact) mass is 328 g/mol. The Hall–Kier alpha value is -2.63. The lowest BCUT2D eigenvalue weighted by atomic mass is 10.2. The molecule has 0 aliphatic heterocycles. The Morgan fingerprint density at radius 1 is 1.17 bits per heavy atom. The Balaban J connectivity index is 2.05. The third kappa shape index (κ3) is 5.22. The second-order valence-electron chi connectivity index (χ2n) is 5.38. The van der Waals surface area contributed by atoms with E-state index in [0.717, 1.165) is 25.1 Å². The van der Waals surface area contributed by atoms with Crippen LogP contribution in [-0.2, 0) is 0 Å². The maximum absolute atomic E-state index is 12.4. The van der Waals surface area contributed by atoms with Gasteiger partial charge in [-0.15, -0.1) is 0 Å². The third-order valence-corrected chi connectivity index (χ3v) is 3.33. The van der Waals surface area contributed by atoms with Crippen LogP contribution in [0.15, 0.2) is 30.3 Å². The largest absolute Gasteiger partial charge is 0.494 e. The Morgan fingerprint density at radius 3 is 2.58 bits per heavy atom. The van der Waals surface area contributed by atoms with Crippen LogP contribution in [0.1, 0.15) is 43.0 Å². The molecule has 0 aliphatic rings. The van der Waals surface area contributed by atoms with Gasteiger partial charge in [0.1, 0.15) is 23.1 Å². The number of carbonyl (C=O) groups excluding carboxylic acids is 1. The molecule has 1 aromatic heterocycles. The van der Waals surface area contributed by atoms with E-state index in [2.05, 4.69) is 27.5 Å². The molecule has 24 heavy (non-hydrogen) atoms. The van der Waals surface area contributed by atoms with Gasteiger partial charge in [-0.25, -0.2) is 9.97 Å². The highest BCUT2D eigenvalue weighted by Crippen LogP contribution is 2.16. The smallest absolute Gasteiger partial charge is 0.274 e. The van der Waals surface area contributed by atoms with Crippen LogP contribution in [-0.4, -0.2) is 29.0 Å². The summed E-state index contributed by atoms with van der Waals surface area (Å²) in [5.74, 6) is 1.75. The standard InChI is InChI=1S/C18H24N4O2/c1-4-6-11-19-17-12-16(20-13(3)21-17)18(23)22-14-7-9-15(10-8-14)24-5-2/h7-10,12H,4-6,11H2,1-3H3,(H,22,23)(H,19,20,21). The quantitative estimate of drug-likeness (QED) is 0.723. The number of benzene rings is 1. The zero-order valence-corrected chi connectivity index (χ0v) is 14.4. The molecule has 0 saturated heterocycles. The number of carbonyl (C=O) groups is 1. The molecule has 2 N–H and O–H groups in total. The molecular weight excluding hydrogens is 304 g/mol. The van der Waals surface area contributed by atoms with Crippen molar-refractivity contribution in [2.45, 2.75) is 33.6 Å². The molecule has 128 valence electrons. The second kappa shape index (κ2) is 8.86. The summed E-state index contributed by atoms with van der Waals surface area (Å²) in [6, 6.07) is 8.92. The Labute approximate surface area is 142 Å². The highest BCUT2D eigenvalue weighted by Gasteiger charge is 2.11. The van der Waals surface area contributed by atoms with Crippen LogP contribution in [0.4, 0.5) is 11.5 Å². The molecule has 0 bridgehead atoms. The van der Waals surface area contributed by atoms with E-state index in [0.29, 0.717) is 29.6 Å². The first-order valence-corrected chi connectivity index (χ1v) is 8.26. The van der Waals surface area contributed by atoms with Crippen molar-refractivity contribution in [1.82, 2.24) is 9.97 Å². The molecule has 0 saturated carbocycles. The molecule has 0 aliphatic carbocycles. The van der Waals surface area contributed by atoms with E-state index in [-0.39, 0.29) is 5.91 Å². The van der Waals surface area contributed by atoms with E-state index < -0.39 is 0 Å². The summed E-state index contributed by atoms with van der Waals surface area (Å²) >= 11 is 0. The van der Waals surface area contributed by atoms with Gasteiger partial charge >= 0.3 is 0 Å². The molecule has 0 unspecified atom stereocenters. The van der Waals surface area contributed by atoms with Gasteiger partial charge in [-0.05, 0) is 44.5 Å². The number of unbranched alkanes of at least 4 members (excludes halogenated alkanes) is 1. The molecule has 0 radical (unpaired) electrons. The van der Waals surface area contributed by atoms with Crippen LogP contribution in [0.2, 0.25) is 0 Å². The summed E-state index contributed by atoms with van der Waals surface area (Å²) in [6.07, 6.45) is 2.15. The molecule has 2 aromatic rings. The lowest BCUT2D eigenvalue weighted by molar-refractivity contribution is 0.102. The Morgan fingerprint density at radius 2 is 1.92 bits per heavy atom. The third-order valence-electron chi connectivity index (χ3n) is 3.33. The van der Waals surface area contributed by atoms with Crippen molar-refractivity contribution >= 4 is 17.4 Å². The topological polar surface area (TPSA) is 76.1 Å². The number of rotatable bonds is 8. The van der Waals surface area contributed by atoms with E-state index in [1.807, 2.05) is 19.1 Å². The minimum absolute atomic E-state index is 0.261. The number of aryl methyl sites for hydroxylation is 1. The van der Waals surface area contributed by atoms with Crippen molar-refractivity contribution < 1.29 is 9.53 Å². The van der Waals surface area contributed by atoms with Gasteiger partial charge in [0.15, 0.2) is 0 Å². The van der Waals surface area contributed by atoms with Crippen molar-refractivity contribution in [2.75, 3.05) is 23.8 Å². The SMILES string of the molecule is CCCCNc1cc(C(=O)Nc2ccc(OCC)cc2)nc(C)n1. The second-order valence-corrected chi connectivity index (χ2v) is 5.38. The maximum Gasteiger partial charge on any atom is 0.274 e. The van der Waals surface area contributed by atoms with E-state index in [4.69, 9.17) is 4.74 Å². The van der Waals surface area contributed by atoms with Crippen LogP contribution in [0.25, 0.3) is 0 Å². The number of amides is 1. The van der Waals surface area contributed by atoms with E-state index >= 15 is 0 Å². The van der Waals surface area contributed by atoms with Crippen molar-refractivity contribution in [3.05, 3.63) is 41.9 Å². The summed E-state index contributed by atoms with van der Waals surface area (Å²) in [5, 5.41) is 6.06. The van der Waals surface area contributed by atoms with Gasteiger partial charge in [-0.1, -0.05) is 13.3 Å². The minimum atomic E-state index is -0.261. The van der Waals surface area contributed by atoms with Gasteiger partial charge in [0.2, 0.25) is 0 Å². The average molecular weight is 328 g/mol. The van der Waals surface area contributed by atoms with Crippen LogP contribution in [0.5, 0.6) is 5.75 Å². The van der Waals surface area contributed by atoms with E-state index in [9.17, 15) is 4.79 Å². The summed E-state index contributed by atoms with van der Waals surface area (Å²) in [5.41, 5.74) is 1.04. The predicted octanol–water partition coefficient (Wildman–Crippen LogP) is 3.65. The fourth-order valence-corrected chi connectivity index (χ4v) is 2.16. The van der Waals surface area contributed by atoms with E-state index in [1.54, 1.807) is 25.1 Å². The zero-order valence-electron chi connectivity index (χ0n) is 14.4. The van der Waals surface area contributed by atoms with Crippen LogP contribution >= 0.6 is 0 Å². The zero-order chi connectivity index (χ0) is 17.4. The number of nitrogens with one attached hydrogen (secondary N) is 2. The number of hydrogen-bond donors (Lipinski definition) is 2. The van der Waals surface area contributed by atoms with Crippen molar-refractivity contribution in [2.24, 2.45) is 0 Å². The fourth-order valence-electron chi connectivity index (χ4n) is 2.16. The van der Waals surface area contributed by atoms with Gasteiger partial charge in [0.05, 0.1) is 6.61 Å². The lowest BCUT2D eigenvalue weighted by Crippen LogP contribution is -2.16. The normalized spacial score (nSPS) is 10.3. The summed E-state index contributed by atoms with van der Waals surface area (Å²) in [6.45, 7) is 7.27. The first-order valence-electron chi connectivity index (χ1n) is 8.26. The molecule has 1 amide bonds. The average Bonchev–Trinajstić information content (AvgIpc) is 2.56. The highest BCUT2D eigenvalue weighted by atomic mass is 16.5. The van der Waals surface area contributed by atoms with E-state index in [1.165, 1.54) is 0 Å². The van der Waals surface area contributed by atoms with Gasteiger partial charge in [0, 0.05) is 18.3 Å². The molecule has 1 heterocycles. The first-order chi connectivity index (χ1) is 11.6. The number of aromatic nitrogens is 2. The molecule has 6 nitrogen and oxygen atoms in total. The summed E-state index contributed by atoms with van der Waals surface area (Å²) in [4.78, 5) is 20.9. The molecular formula is C18H24N4O2. The Kier molecular flexibility index (Phi) is 6.54. The molecule has 1 aromatic carbocycles. The predicted molar refractivity (Wildman–Crippen MR) is 95.7 cm³/mol. The Bertz CT molecular complexity index is 671. The van der Waals surface area contributed by atoms with Gasteiger partial charge in [-0.3, -0.25) is 4.79 Å².